The Balaban J connectivity index is 2.04. The largest absolute Gasteiger partial charge is 0.388 e. The van der Waals surface area contributed by atoms with Crippen LogP contribution in [0.25, 0.3) is 20.8 Å². The second-order valence-electron chi connectivity index (χ2n) is 4.05. The van der Waals surface area contributed by atoms with Gasteiger partial charge in [0.05, 0.1) is 22.4 Å². The van der Waals surface area contributed by atoms with E-state index in [0.29, 0.717) is 4.90 Å². The van der Waals surface area contributed by atoms with Gasteiger partial charge in [-0.2, -0.15) is 3.89 Å². The maximum atomic E-state index is 12.6. The summed E-state index contributed by atoms with van der Waals surface area (Å²) in [4.78, 5) is 5.20. The van der Waals surface area contributed by atoms with Crippen LogP contribution in [0, 0.1) is 0 Å². The molecule has 0 unspecified atom stereocenters. The molecule has 1 aromatic heterocycles. The average molecular weight is 290 g/mol. The molecule has 0 aliphatic heterocycles. The summed E-state index contributed by atoms with van der Waals surface area (Å²) in [6.45, 7) is 0. The summed E-state index contributed by atoms with van der Waals surface area (Å²) in [6, 6.07) is 13.6. The highest BCUT2D eigenvalue weighted by molar-refractivity contribution is 7.94. The Kier molecular flexibility index (Phi) is 3.40. The molecule has 0 atom stereocenters. The molecule has 19 heavy (non-hydrogen) atoms. The van der Waals surface area contributed by atoms with Gasteiger partial charge in [-0.25, -0.2) is 4.98 Å². The van der Waals surface area contributed by atoms with Crippen molar-refractivity contribution in [3.05, 3.63) is 42.5 Å². The number of nitrogens with zero attached hydrogens (tertiary/aromatic N) is 1. The SMILES string of the molecule is CNc1ccc(-c2nc3ccc(SF)cc3s2)cc1. The average Bonchev–Trinajstić information content (AvgIpc) is 2.90. The van der Waals surface area contributed by atoms with Gasteiger partial charge in [-0.05, 0) is 42.5 Å². The van der Waals surface area contributed by atoms with Crippen LogP contribution in [0.4, 0.5) is 9.57 Å². The Bertz CT molecular complexity index is 707. The zero-order valence-electron chi connectivity index (χ0n) is 10.2. The van der Waals surface area contributed by atoms with Crippen molar-refractivity contribution in [3.8, 4) is 10.6 Å². The van der Waals surface area contributed by atoms with Crippen LogP contribution in [0.5, 0.6) is 0 Å². The Hall–Kier alpha value is -1.59. The van der Waals surface area contributed by atoms with Crippen LogP contribution in [-0.4, -0.2) is 12.0 Å². The molecular weight excluding hydrogens is 279 g/mol. The van der Waals surface area contributed by atoms with Crippen molar-refractivity contribution in [2.75, 3.05) is 12.4 Å². The van der Waals surface area contributed by atoms with Crippen LogP contribution in [0.2, 0.25) is 0 Å². The van der Waals surface area contributed by atoms with Crippen molar-refractivity contribution >= 4 is 39.4 Å². The molecule has 2 aromatic carbocycles. The van der Waals surface area contributed by atoms with Gasteiger partial charge in [0.15, 0.2) is 0 Å². The van der Waals surface area contributed by atoms with E-state index in [-0.39, 0.29) is 12.1 Å². The summed E-state index contributed by atoms with van der Waals surface area (Å²) in [5, 5.41) is 4.04. The highest BCUT2D eigenvalue weighted by Gasteiger charge is 2.07. The minimum atomic E-state index is 0.264. The summed E-state index contributed by atoms with van der Waals surface area (Å²) in [7, 11) is 1.89. The van der Waals surface area contributed by atoms with E-state index < -0.39 is 0 Å². The number of hydrogen-bond acceptors (Lipinski definition) is 4. The van der Waals surface area contributed by atoms with Crippen molar-refractivity contribution in [2.24, 2.45) is 0 Å². The molecule has 0 fully saturated rings. The van der Waals surface area contributed by atoms with E-state index in [4.69, 9.17) is 0 Å². The van der Waals surface area contributed by atoms with Crippen molar-refractivity contribution in [1.82, 2.24) is 4.98 Å². The number of nitrogens with one attached hydrogen (secondary N) is 1. The minimum absolute atomic E-state index is 0.264. The maximum Gasteiger partial charge on any atom is 0.124 e. The first-order valence-electron chi connectivity index (χ1n) is 5.77. The first-order valence-corrected chi connectivity index (χ1v) is 7.31. The molecule has 1 N–H and O–H groups in total. The van der Waals surface area contributed by atoms with Gasteiger partial charge in [-0.15, -0.1) is 11.3 Å². The summed E-state index contributed by atoms with van der Waals surface area (Å²) < 4.78 is 13.6. The highest BCUT2D eigenvalue weighted by Crippen LogP contribution is 2.33. The lowest BCUT2D eigenvalue weighted by Gasteiger charge is -2.00. The summed E-state index contributed by atoms with van der Waals surface area (Å²) in [5.41, 5.74) is 3.06. The third kappa shape index (κ3) is 2.43. The number of thiazole rings is 1. The third-order valence-electron chi connectivity index (χ3n) is 2.87. The first kappa shape index (κ1) is 12.4. The van der Waals surface area contributed by atoms with Gasteiger partial charge in [0.1, 0.15) is 5.01 Å². The molecule has 0 saturated heterocycles. The van der Waals surface area contributed by atoms with Gasteiger partial charge in [0.2, 0.25) is 0 Å². The van der Waals surface area contributed by atoms with Crippen LogP contribution < -0.4 is 5.32 Å². The predicted molar refractivity (Wildman–Crippen MR) is 81.6 cm³/mol. The van der Waals surface area contributed by atoms with Crippen LogP contribution in [0.1, 0.15) is 0 Å². The molecule has 1 heterocycles. The Morgan fingerprint density at radius 3 is 2.63 bits per heavy atom. The first-order chi connectivity index (χ1) is 9.30. The van der Waals surface area contributed by atoms with Crippen LogP contribution in [0.15, 0.2) is 47.4 Å². The van der Waals surface area contributed by atoms with E-state index in [2.05, 4.69) is 10.3 Å². The molecule has 0 spiro atoms. The fourth-order valence-electron chi connectivity index (χ4n) is 1.86. The number of fused-ring (bicyclic) bond motifs is 1. The molecular formula is C14H11FN2S2. The number of hydrogen-bond donors (Lipinski definition) is 1. The fourth-order valence-corrected chi connectivity index (χ4v) is 3.22. The van der Waals surface area contributed by atoms with Gasteiger partial charge in [-0.3, -0.25) is 0 Å². The summed E-state index contributed by atoms with van der Waals surface area (Å²) in [5.74, 6) is 0. The smallest absolute Gasteiger partial charge is 0.124 e. The normalized spacial score (nSPS) is 10.8. The summed E-state index contributed by atoms with van der Waals surface area (Å²) in [6.07, 6.45) is 0. The lowest BCUT2D eigenvalue weighted by atomic mass is 10.2. The molecule has 96 valence electrons. The lowest BCUT2D eigenvalue weighted by molar-refractivity contribution is 0.934. The van der Waals surface area contributed by atoms with E-state index in [0.717, 1.165) is 26.5 Å². The van der Waals surface area contributed by atoms with Crippen molar-refractivity contribution in [3.63, 3.8) is 0 Å². The zero-order chi connectivity index (χ0) is 13.2. The zero-order valence-corrected chi connectivity index (χ0v) is 11.8. The Labute approximate surface area is 119 Å². The van der Waals surface area contributed by atoms with Gasteiger partial charge < -0.3 is 5.32 Å². The molecule has 0 aliphatic rings. The quantitative estimate of drug-likeness (QED) is 0.736. The highest BCUT2D eigenvalue weighted by atomic mass is 32.2. The fraction of sp³-hybridized carbons (Fsp3) is 0.0714. The topological polar surface area (TPSA) is 24.9 Å². The van der Waals surface area contributed by atoms with Gasteiger partial charge in [0.25, 0.3) is 0 Å². The maximum absolute atomic E-state index is 12.6. The van der Waals surface area contributed by atoms with Crippen molar-refractivity contribution in [1.29, 1.82) is 0 Å². The van der Waals surface area contributed by atoms with Crippen LogP contribution in [0.3, 0.4) is 0 Å². The molecule has 3 rings (SSSR count). The van der Waals surface area contributed by atoms with Gasteiger partial charge in [0, 0.05) is 23.2 Å². The van der Waals surface area contributed by atoms with Gasteiger partial charge in [-0.1, -0.05) is 0 Å². The number of anilines is 1. The third-order valence-corrected chi connectivity index (χ3v) is 4.37. The van der Waals surface area contributed by atoms with Crippen molar-refractivity contribution < 1.29 is 3.89 Å². The number of aromatic nitrogens is 1. The number of benzene rings is 2. The standard InChI is InChI=1S/C14H11FN2S2/c1-16-10-4-2-9(3-5-10)14-17-12-7-6-11(19-15)8-13(12)18-14/h2-8,16H,1H3. The number of rotatable bonds is 3. The van der Waals surface area contributed by atoms with E-state index in [1.165, 1.54) is 0 Å². The molecule has 3 aromatic rings. The predicted octanol–water partition coefficient (Wildman–Crippen LogP) is 4.98. The Morgan fingerprint density at radius 2 is 1.95 bits per heavy atom. The van der Waals surface area contributed by atoms with Crippen molar-refractivity contribution in [2.45, 2.75) is 4.90 Å². The Morgan fingerprint density at radius 1 is 1.16 bits per heavy atom. The van der Waals surface area contributed by atoms with E-state index in [1.54, 1.807) is 17.4 Å². The number of halogens is 1. The molecule has 0 saturated carbocycles. The second-order valence-corrected chi connectivity index (χ2v) is 5.71. The van der Waals surface area contributed by atoms with Crippen LogP contribution >= 0.6 is 23.5 Å². The van der Waals surface area contributed by atoms with Gasteiger partial charge >= 0.3 is 0 Å². The van der Waals surface area contributed by atoms with E-state index in [9.17, 15) is 3.89 Å². The molecule has 0 bridgehead atoms. The molecule has 0 aliphatic carbocycles. The lowest BCUT2D eigenvalue weighted by Crippen LogP contribution is -1.86. The molecule has 5 heteroatoms. The molecule has 0 radical (unpaired) electrons. The monoisotopic (exact) mass is 290 g/mol. The van der Waals surface area contributed by atoms with Crippen LogP contribution in [-0.2, 0) is 0 Å². The second kappa shape index (κ2) is 5.19. The molecule has 0 amide bonds. The molecule has 2 nitrogen and oxygen atoms in total. The van der Waals surface area contributed by atoms with E-state index >= 15 is 0 Å². The van der Waals surface area contributed by atoms with E-state index in [1.807, 2.05) is 43.4 Å². The summed E-state index contributed by atoms with van der Waals surface area (Å²) >= 11 is 1.85. The minimum Gasteiger partial charge on any atom is -0.388 e.